The van der Waals surface area contributed by atoms with Gasteiger partial charge in [0.2, 0.25) is 0 Å². The third kappa shape index (κ3) is 4.81. The predicted octanol–water partition coefficient (Wildman–Crippen LogP) is 3.54. The number of ether oxygens (including phenoxy) is 1. The Morgan fingerprint density at radius 2 is 1.79 bits per heavy atom. The van der Waals surface area contributed by atoms with Crippen molar-refractivity contribution in [3.05, 3.63) is 64.4 Å². The summed E-state index contributed by atoms with van der Waals surface area (Å²) < 4.78 is 19.5. The minimum atomic E-state index is -0.531. The highest BCUT2D eigenvalue weighted by Gasteiger charge is 2.24. The number of halogens is 2. The van der Waals surface area contributed by atoms with E-state index >= 15 is 0 Å². The van der Waals surface area contributed by atoms with Gasteiger partial charge in [0.25, 0.3) is 11.8 Å². The Labute approximate surface area is 168 Å². The Hall–Kier alpha value is -2.60. The molecule has 0 bridgehead atoms. The van der Waals surface area contributed by atoms with Crippen molar-refractivity contribution in [2.75, 3.05) is 32.8 Å². The van der Waals surface area contributed by atoms with Gasteiger partial charge in [-0.3, -0.25) is 9.59 Å². The van der Waals surface area contributed by atoms with Crippen molar-refractivity contribution in [3.63, 3.8) is 0 Å². The molecule has 28 heavy (non-hydrogen) atoms. The average molecular weight is 405 g/mol. The fourth-order valence-electron chi connectivity index (χ4n) is 3.18. The summed E-state index contributed by atoms with van der Waals surface area (Å²) in [6, 6.07) is 11.2. The average Bonchev–Trinajstić information content (AvgIpc) is 2.93. The summed E-state index contributed by atoms with van der Waals surface area (Å²) in [5, 5.41) is 0.614. The molecule has 3 rings (SSSR count). The number of amides is 2. The number of aryl methyl sites for hydroxylation is 1. The van der Waals surface area contributed by atoms with Gasteiger partial charge in [-0.1, -0.05) is 23.7 Å². The van der Waals surface area contributed by atoms with Crippen molar-refractivity contribution in [2.24, 2.45) is 0 Å². The number of carbonyl (C=O) groups excluding carboxylic acids is 2. The van der Waals surface area contributed by atoms with Crippen LogP contribution < -0.4 is 4.74 Å². The van der Waals surface area contributed by atoms with Crippen LogP contribution in [0.3, 0.4) is 0 Å². The van der Waals surface area contributed by atoms with E-state index in [9.17, 15) is 14.0 Å². The molecule has 1 saturated heterocycles. The summed E-state index contributed by atoms with van der Waals surface area (Å²) in [4.78, 5) is 28.4. The van der Waals surface area contributed by atoms with E-state index in [0.29, 0.717) is 43.4 Å². The highest BCUT2D eigenvalue weighted by atomic mass is 35.5. The standard InChI is InChI=1S/C21H22ClFN2O3/c1-15-13-16(22)7-8-19(15)28-14-20(26)24-9-4-10-25(12-11-24)21(27)17-5-2-3-6-18(17)23/h2-3,5-8,13H,4,9-12,14H2,1H3. The Bertz CT molecular complexity index is 874. The number of nitrogens with zero attached hydrogens (tertiary/aromatic N) is 2. The van der Waals surface area contributed by atoms with Gasteiger partial charge in [-0.05, 0) is 49.2 Å². The minimum Gasteiger partial charge on any atom is -0.483 e. The predicted molar refractivity (Wildman–Crippen MR) is 105 cm³/mol. The topological polar surface area (TPSA) is 49.9 Å². The van der Waals surface area contributed by atoms with Crippen LogP contribution in [-0.2, 0) is 4.79 Å². The summed E-state index contributed by atoms with van der Waals surface area (Å²) in [6.07, 6.45) is 0.631. The molecule has 0 saturated carbocycles. The van der Waals surface area contributed by atoms with Gasteiger partial charge >= 0.3 is 0 Å². The first kappa shape index (κ1) is 20.1. The van der Waals surface area contributed by atoms with Crippen LogP contribution in [0.1, 0.15) is 22.3 Å². The third-order valence-corrected chi connectivity index (χ3v) is 4.96. The van der Waals surface area contributed by atoms with E-state index in [0.717, 1.165) is 5.56 Å². The van der Waals surface area contributed by atoms with E-state index in [1.54, 1.807) is 40.1 Å². The zero-order chi connectivity index (χ0) is 20.1. The second-order valence-electron chi connectivity index (χ2n) is 6.70. The molecule has 1 fully saturated rings. The fourth-order valence-corrected chi connectivity index (χ4v) is 3.41. The van der Waals surface area contributed by atoms with Crippen LogP contribution in [0.15, 0.2) is 42.5 Å². The van der Waals surface area contributed by atoms with Crippen molar-refractivity contribution in [1.82, 2.24) is 9.80 Å². The van der Waals surface area contributed by atoms with Crippen LogP contribution in [0.25, 0.3) is 0 Å². The number of rotatable bonds is 4. The second kappa shape index (κ2) is 9.06. The number of benzene rings is 2. The molecule has 0 N–H and O–H groups in total. The first-order chi connectivity index (χ1) is 13.5. The molecule has 2 aromatic rings. The van der Waals surface area contributed by atoms with E-state index in [-0.39, 0.29) is 24.0 Å². The molecular formula is C21H22ClFN2O3. The van der Waals surface area contributed by atoms with Crippen LogP contribution in [0.5, 0.6) is 5.75 Å². The Kier molecular flexibility index (Phi) is 6.52. The molecule has 0 atom stereocenters. The molecular weight excluding hydrogens is 383 g/mol. The molecule has 5 nitrogen and oxygen atoms in total. The number of hydrogen-bond acceptors (Lipinski definition) is 3. The normalized spacial score (nSPS) is 14.5. The van der Waals surface area contributed by atoms with Gasteiger partial charge in [0.15, 0.2) is 6.61 Å². The highest BCUT2D eigenvalue weighted by molar-refractivity contribution is 6.30. The Morgan fingerprint density at radius 3 is 2.54 bits per heavy atom. The molecule has 1 heterocycles. The van der Waals surface area contributed by atoms with Crippen LogP contribution >= 0.6 is 11.6 Å². The van der Waals surface area contributed by atoms with Gasteiger partial charge in [-0.15, -0.1) is 0 Å². The smallest absolute Gasteiger partial charge is 0.260 e. The van der Waals surface area contributed by atoms with E-state index in [4.69, 9.17) is 16.3 Å². The van der Waals surface area contributed by atoms with Gasteiger partial charge < -0.3 is 14.5 Å². The van der Waals surface area contributed by atoms with Crippen LogP contribution in [0, 0.1) is 12.7 Å². The number of hydrogen-bond donors (Lipinski definition) is 0. The van der Waals surface area contributed by atoms with E-state index < -0.39 is 5.82 Å². The molecule has 7 heteroatoms. The monoisotopic (exact) mass is 404 g/mol. The first-order valence-electron chi connectivity index (χ1n) is 9.16. The zero-order valence-electron chi connectivity index (χ0n) is 15.7. The summed E-state index contributed by atoms with van der Waals surface area (Å²) in [5.41, 5.74) is 0.918. The lowest BCUT2D eigenvalue weighted by atomic mass is 10.2. The summed E-state index contributed by atoms with van der Waals surface area (Å²) in [7, 11) is 0. The summed E-state index contributed by atoms with van der Waals surface area (Å²) in [6.45, 7) is 3.55. The molecule has 1 aliphatic heterocycles. The fraction of sp³-hybridized carbons (Fsp3) is 0.333. The van der Waals surface area contributed by atoms with Crippen LogP contribution in [0.4, 0.5) is 4.39 Å². The Morgan fingerprint density at radius 1 is 1.07 bits per heavy atom. The van der Waals surface area contributed by atoms with Crippen LogP contribution in [0.2, 0.25) is 5.02 Å². The molecule has 0 unspecified atom stereocenters. The largest absolute Gasteiger partial charge is 0.483 e. The van der Waals surface area contributed by atoms with E-state index in [1.165, 1.54) is 12.1 Å². The highest BCUT2D eigenvalue weighted by Crippen LogP contribution is 2.22. The van der Waals surface area contributed by atoms with Crippen molar-refractivity contribution >= 4 is 23.4 Å². The lowest BCUT2D eigenvalue weighted by molar-refractivity contribution is -0.133. The SMILES string of the molecule is Cc1cc(Cl)ccc1OCC(=O)N1CCCN(C(=O)c2ccccc2F)CC1. The summed E-state index contributed by atoms with van der Waals surface area (Å²) >= 11 is 5.93. The van der Waals surface area contributed by atoms with Crippen LogP contribution in [-0.4, -0.2) is 54.4 Å². The molecule has 148 valence electrons. The summed E-state index contributed by atoms with van der Waals surface area (Å²) in [5.74, 6) is -0.407. The van der Waals surface area contributed by atoms with Crippen molar-refractivity contribution in [2.45, 2.75) is 13.3 Å². The van der Waals surface area contributed by atoms with Crippen molar-refractivity contribution < 1.29 is 18.7 Å². The molecule has 2 aromatic carbocycles. The maximum absolute atomic E-state index is 13.9. The van der Waals surface area contributed by atoms with Gasteiger partial charge in [-0.2, -0.15) is 0 Å². The van der Waals surface area contributed by atoms with Gasteiger partial charge in [0, 0.05) is 31.2 Å². The molecule has 1 aliphatic rings. The maximum Gasteiger partial charge on any atom is 0.260 e. The molecule has 0 aromatic heterocycles. The number of carbonyl (C=O) groups is 2. The lowest BCUT2D eigenvalue weighted by Gasteiger charge is -2.22. The van der Waals surface area contributed by atoms with Gasteiger partial charge in [0.05, 0.1) is 5.56 Å². The van der Waals surface area contributed by atoms with Gasteiger partial charge in [0.1, 0.15) is 11.6 Å². The third-order valence-electron chi connectivity index (χ3n) is 4.73. The van der Waals surface area contributed by atoms with Crippen molar-refractivity contribution in [3.8, 4) is 5.75 Å². The lowest BCUT2D eigenvalue weighted by Crippen LogP contribution is -2.39. The molecule has 0 spiro atoms. The molecule has 0 radical (unpaired) electrons. The molecule has 2 amide bonds. The van der Waals surface area contributed by atoms with Crippen molar-refractivity contribution in [1.29, 1.82) is 0 Å². The zero-order valence-corrected chi connectivity index (χ0v) is 16.4. The van der Waals surface area contributed by atoms with E-state index in [2.05, 4.69) is 0 Å². The second-order valence-corrected chi connectivity index (χ2v) is 7.14. The molecule has 0 aliphatic carbocycles. The first-order valence-corrected chi connectivity index (χ1v) is 9.54. The van der Waals surface area contributed by atoms with Gasteiger partial charge in [-0.25, -0.2) is 4.39 Å². The Balaban J connectivity index is 1.56. The van der Waals surface area contributed by atoms with E-state index in [1.807, 2.05) is 6.92 Å². The minimum absolute atomic E-state index is 0.0591. The maximum atomic E-state index is 13.9. The quantitative estimate of drug-likeness (QED) is 0.783.